The van der Waals surface area contributed by atoms with Crippen molar-refractivity contribution in [2.24, 2.45) is 0 Å². The zero-order valence-electron chi connectivity index (χ0n) is 13.5. The normalized spacial score (nSPS) is 10.4. The average Bonchev–Trinajstić information content (AvgIpc) is 2.93. The molecular weight excluding hydrogens is 330 g/mol. The van der Waals surface area contributed by atoms with Crippen molar-refractivity contribution in [2.75, 3.05) is 18.1 Å². The summed E-state index contributed by atoms with van der Waals surface area (Å²) in [5.74, 6) is -0.355. The van der Waals surface area contributed by atoms with Crippen molar-refractivity contribution in [1.82, 2.24) is 20.1 Å². The molecule has 0 saturated carbocycles. The first-order valence-electron chi connectivity index (χ1n) is 7.45. The number of aromatic nitrogens is 3. The maximum Gasteiger partial charge on any atom is 0.343 e. The summed E-state index contributed by atoms with van der Waals surface area (Å²) in [6.07, 6.45) is 0.797. The molecule has 8 nitrogen and oxygen atoms in total. The number of rotatable bonds is 7. The maximum absolute atomic E-state index is 12.1. The second-order valence-electron chi connectivity index (χ2n) is 4.96. The van der Waals surface area contributed by atoms with Crippen LogP contribution in [0.1, 0.15) is 23.7 Å². The lowest BCUT2D eigenvalue weighted by atomic mass is 10.2. The number of carbonyl (C=O) groups is 2. The number of aromatic amines is 1. The lowest BCUT2D eigenvalue weighted by Gasteiger charge is -2.07. The molecule has 0 atom stereocenters. The van der Waals surface area contributed by atoms with Crippen LogP contribution < -0.4 is 16.3 Å². The third-order valence-electron chi connectivity index (χ3n) is 3.14. The van der Waals surface area contributed by atoms with Gasteiger partial charge in [0, 0.05) is 24.8 Å². The molecule has 0 bridgehead atoms. The number of nitrogens with zero attached hydrogens (tertiary/aromatic N) is 2. The maximum atomic E-state index is 12.1. The number of hydrogen-bond donors (Lipinski definition) is 3. The summed E-state index contributed by atoms with van der Waals surface area (Å²) in [7, 11) is 1.55. The van der Waals surface area contributed by atoms with Gasteiger partial charge in [0.2, 0.25) is 5.91 Å². The Hall–Kier alpha value is -2.55. The fraction of sp³-hybridized carbons (Fsp3) is 0.333. The van der Waals surface area contributed by atoms with Crippen molar-refractivity contribution >= 4 is 29.3 Å². The number of hydrogen-bond acceptors (Lipinski definition) is 5. The van der Waals surface area contributed by atoms with Crippen LogP contribution in [-0.4, -0.2) is 39.4 Å². The molecule has 0 saturated heterocycles. The van der Waals surface area contributed by atoms with Crippen LogP contribution in [0.3, 0.4) is 0 Å². The third kappa shape index (κ3) is 4.48. The molecule has 0 aliphatic rings. The summed E-state index contributed by atoms with van der Waals surface area (Å²) >= 11 is 1.18. The molecule has 2 rings (SSSR count). The van der Waals surface area contributed by atoms with Crippen LogP contribution in [0.2, 0.25) is 0 Å². The molecular formula is C15H19N5O3S. The van der Waals surface area contributed by atoms with E-state index in [1.54, 1.807) is 31.3 Å². The lowest BCUT2D eigenvalue weighted by Crippen LogP contribution is -2.19. The monoisotopic (exact) mass is 349 g/mol. The summed E-state index contributed by atoms with van der Waals surface area (Å²) in [5.41, 5.74) is 0.722. The van der Waals surface area contributed by atoms with Gasteiger partial charge in [-0.2, -0.15) is 0 Å². The number of carbonyl (C=O) groups excluding carboxylic acids is 2. The van der Waals surface area contributed by atoms with Gasteiger partial charge in [-0.25, -0.2) is 9.89 Å². The van der Waals surface area contributed by atoms with Gasteiger partial charge >= 0.3 is 5.69 Å². The molecule has 0 fully saturated rings. The Labute approximate surface area is 143 Å². The number of thioether (sulfide) groups is 1. The van der Waals surface area contributed by atoms with Crippen LogP contribution in [0, 0.1) is 0 Å². The van der Waals surface area contributed by atoms with E-state index in [0.29, 0.717) is 23.0 Å². The molecule has 1 heterocycles. The van der Waals surface area contributed by atoms with E-state index in [1.165, 1.54) is 16.3 Å². The minimum atomic E-state index is -0.280. The molecule has 24 heavy (non-hydrogen) atoms. The molecule has 2 amide bonds. The Bertz CT molecular complexity index is 783. The Balaban J connectivity index is 1.97. The van der Waals surface area contributed by atoms with Crippen LogP contribution in [0.5, 0.6) is 0 Å². The summed E-state index contributed by atoms with van der Waals surface area (Å²) in [6, 6.07) is 6.66. The highest BCUT2D eigenvalue weighted by molar-refractivity contribution is 7.99. The van der Waals surface area contributed by atoms with E-state index >= 15 is 0 Å². The van der Waals surface area contributed by atoms with Gasteiger partial charge in [-0.15, -0.1) is 5.10 Å². The van der Waals surface area contributed by atoms with E-state index in [2.05, 4.69) is 20.8 Å². The number of nitrogens with one attached hydrogen (secondary N) is 3. The fourth-order valence-corrected chi connectivity index (χ4v) is 2.82. The van der Waals surface area contributed by atoms with Gasteiger partial charge in [-0.05, 0) is 24.6 Å². The van der Waals surface area contributed by atoms with E-state index in [-0.39, 0.29) is 23.3 Å². The van der Waals surface area contributed by atoms with E-state index in [0.717, 1.165) is 6.42 Å². The smallest absolute Gasteiger partial charge is 0.343 e. The van der Waals surface area contributed by atoms with E-state index in [4.69, 9.17) is 0 Å². The third-order valence-corrected chi connectivity index (χ3v) is 4.11. The predicted molar refractivity (Wildman–Crippen MR) is 92.3 cm³/mol. The van der Waals surface area contributed by atoms with Crippen LogP contribution >= 0.6 is 11.8 Å². The molecule has 0 aliphatic carbocycles. The van der Waals surface area contributed by atoms with Crippen LogP contribution in [0.25, 0.3) is 0 Å². The highest BCUT2D eigenvalue weighted by Gasteiger charge is 2.11. The molecule has 0 aliphatic heterocycles. The van der Waals surface area contributed by atoms with Crippen LogP contribution in [0.4, 0.5) is 5.69 Å². The number of H-pyrrole nitrogens is 1. The van der Waals surface area contributed by atoms with Gasteiger partial charge in [0.1, 0.15) is 0 Å². The van der Waals surface area contributed by atoms with Gasteiger partial charge in [0.15, 0.2) is 5.16 Å². The Morgan fingerprint density at radius 1 is 1.38 bits per heavy atom. The minimum absolute atomic E-state index is 0.109. The zero-order chi connectivity index (χ0) is 17.5. The summed E-state index contributed by atoms with van der Waals surface area (Å²) in [6.45, 7) is 2.51. The largest absolute Gasteiger partial charge is 0.355 e. The van der Waals surface area contributed by atoms with E-state index in [9.17, 15) is 14.4 Å². The van der Waals surface area contributed by atoms with E-state index < -0.39 is 0 Å². The van der Waals surface area contributed by atoms with Crippen molar-refractivity contribution in [1.29, 1.82) is 0 Å². The summed E-state index contributed by atoms with van der Waals surface area (Å²) in [4.78, 5) is 35.2. The van der Waals surface area contributed by atoms with Crippen molar-refractivity contribution in [3.05, 3.63) is 40.3 Å². The van der Waals surface area contributed by atoms with Gasteiger partial charge in [-0.1, -0.05) is 24.8 Å². The zero-order valence-corrected chi connectivity index (χ0v) is 14.3. The van der Waals surface area contributed by atoms with Crippen molar-refractivity contribution in [3.8, 4) is 0 Å². The summed E-state index contributed by atoms with van der Waals surface area (Å²) in [5, 5.41) is 12.0. The quantitative estimate of drug-likeness (QED) is 0.648. The van der Waals surface area contributed by atoms with Crippen molar-refractivity contribution < 1.29 is 9.59 Å². The van der Waals surface area contributed by atoms with Crippen LogP contribution in [-0.2, 0) is 11.3 Å². The minimum Gasteiger partial charge on any atom is -0.355 e. The Morgan fingerprint density at radius 2 is 2.17 bits per heavy atom. The first-order valence-corrected chi connectivity index (χ1v) is 8.43. The first kappa shape index (κ1) is 17.8. The SMILES string of the molecule is CCCn1c(SCC(=O)Nc2cccc(C(=O)NC)c2)n[nH]c1=O. The molecule has 0 radical (unpaired) electrons. The van der Waals surface area contributed by atoms with Gasteiger partial charge in [0.25, 0.3) is 5.91 Å². The molecule has 128 valence electrons. The second-order valence-corrected chi connectivity index (χ2v) is 5.90. The second kappa shape index (κ2) is 8.34. The molecule has 2 aromatic rings. The molecule has 0 spiro atoms. The Morgan fingerprint density at radius 3 is 2.88 bits per heavy atom. The molecule has 0 unspecified atom stereocenters. The van der Waals surface area contributed by atoms with E-state index in [1.807, 2.05) is 6.92 Å². The average molecular weight is 349 g/mol. The predicted octanol–water partition coefficient (Wildman–Crippen LogP) is 1.07. The van der Waals surface area contributed by atoms with Gasteiger partial charge in [0.05, 0.1) is 5.75 Å². The van der Waals surface area contributed by atoms with Crippen molar-refractivity contribution in [3.63, 3.8) is 0 Å². The molecule has 1 aromatic heterocycles. The number of anilines is 1. The number of benzene rings is 1. The van der Waals surface area contributed by atoms with Crippen LogP contribution in [0.15, 0.2) is 34.2 Å². The highest BCUT2D eigenvalue weighted by Crippen LogP contribution is 2.15. The fourth-order valence-electron chi connectivity index (χ4n) is 2.04. The lowest BCUT2D eigenvalue weighted by molar-refractivity contribution is -0.113. The molecule has 3 N–H and O–H groups in total. The van der Waals surface area contributed by atoms with Gasteiger partial charge in [-0.3, -0.25) is 14.2 Å². The topological polar surface area (TPSA) is 109 Å². The Kier molecular flexibility index (Phi) is 6.19. The summed E-state index contributed by atoms with van der Waals surface area (Å²) < 4.78 is 1.50. The standard InChI is InChI=1S/C15H19N5O3S/c1-3-7-20-14(23)18-19-15(20)24-9-12(21)17-11-6-4-5-10(8-11)13(22)16-2/h4-6,8H,3,7,9H2,1-2H3,(H,16,22)(H,17,21)(H,18,23). The van der Waals surface area contributed by atoms with Gasteiger partial charge < -0.3 is 10.6 Å². The highest BCUT2D eigenvalue weighted by atomic mass is 32.2. The number of amides is 2. The van der Waals surface area contributed by atoms with Crippen molar-refractivity contribution in [2.45, 2.75) is 25.0 Å². The molecule has 1 aromatic carbocycles. The molecule has 9 heteroatoms. The first-order chi connectivity index (χ1) is 11.5.